The largest absolute Gasteiger partial charge is 0.326 e. The van der Waals surface area contributed by atoms with E-state index in [-0.39, 0.29) is 0 Å². The number of hydrogen-bond donors (Lipinski definition) is 1. The number of imidazole rings is 1. The van der Waals surface area contributed by atoms with Gasteiger partial charge in [-0.2, -0.15) is 10.2 Å². The van der Waals surface area contributed by atoms with Gasteiger partial charge in [-0.15, -0.1) is 0 Å². The number of aromatic amines is 1. The molecule has 23 heavy (non-hydrogen) atoms. The number of hydrogen-bond acceptors (Lipinski definition) is 3. The Labute approximate surface area is 132 Å². The van der Waals surface area contributed by atoms with Gasteiger partial charge in [0.2, 0.25) is 0 Å². The Hall–Kier alpha value is -2.89. The second-order valence-electron chi connectivity index (χ2n) is 6.01. The van der Waals surface area contributed by atoms with Crippen LogP contribution in [-0.2, 0) is 12.8 Å². The fourth-order valence-corrected chi connectivity index (χ4v) is 3.55. The minimum absolute atomic E-state index is 0.395. The second kappa shape index (κ2) is 4.81. The van der Waals surface area contributed by atoms with E-state index in [9.17, 15) is 0 Å². The normalized spacial score (nSPS) is 17.5. The quantitative estimate of drug-likeness (QED) is 0.619. The van der Waals surface area contributed by atoms with Crippen molar-refractivity contribution in [2.75, 3.05) is 0 Å². The van der Waals surface area contributed by atoms with E-state index in [1.807, 2.05) is 29.2 Å². The van der Waals surface area contributed by atoms with Crippen LogP contribution in [0.5, 0.6) is 0 Å². The maximum Gasteiger partial charge on any atom is 0.158 e. The molecule has 6 heteroatoms. The third-order valence-electron chi connectivity index (χ3n) is 4.71. The lowest BCUT2D eigenvalue weighted by Gasteiger charge is -2.24. The number of pyridine rings is 1. The van der Waals surface area contributed by atoms with Crippen molar-refractivity contribution < 1.29 is 0 Å². The topological polar surface area (TPSA) is 63.8 Å². The Balaban J connectivity index is 1.60. The van der Waals surface area contributed by atoms with Gasteiger partial charge in [0.25, 0.3) is 0 Å². The molecule has 1 aliphatic carbocycles. The van der Waals surface area contributed by atoms with E-state index in [0.717, 1.165) is 36.3 Å². The Kier molecular flexibility index (Phi) is 2.64. The lowest BCUT2D eigenvalue weighted by molar-refractivity contribution is 0.441. The number of nitrogens with one attached hydrogen (secondary N) is 1. The van der Waals surface area contributed by atoms with Crippen molar-refractivity contribution in [1.29, 1.82) is 0 Å². The molecule has 0 saturated heterocycles. The van der Waals surface area contributed by atoms with Gasteiger partial charge in [-0.1, -0.05) is 6.07 Å². The van der Waals surface area contributed by atoms with E-state index >= 15 is 0 Å². The van der Waals surface area contributed by atoms with Crippen LogP contribution in [0.2, 0.25) is 0 Å². The van der Waals surface area contributed by atoms with Crippen LogP contribution in [0, 0.1) is 0 Å². The highest BCUT2D eigenvalue weighted by Crippen LogP contribution is 2.31. The fraction of sp³-hybridized carbons (Fsp3) is 0.235. The first-order chi connectivity index (χ1) is 11.4. The molecule has 0 amide bonds. The minimum atomic E-state index is 0.395. The van der Waals surface area contributed by atoms with Gasteiger partial charge in [0.15, 0.2) is 5.82 Å². The number of aromatic nitrogens is 6. The standard InChI is InChI=1S/C17H16N6/c1-2-13-6-7-20-23(13)16(3-1)17-18-8-9-22(17)14-5-4-12-11-19-21-15(12)10-14/h1-3,6-9,11,14H,4-5,10H2,(H,19,21). The maximum absolute atomic E-state index is 4.61. The maximum atomic E-state index is 4.61. The highest BCUT2D eigenvalue weighted by molar-refractivity contribution is 5.59. The molecular weight excluding hydrogens is 288 g/mol. The molecule has 4 heterocycles. The minimum Gasteiger partial charge on any atom is -0.326 e. The van der Waals surface area contributed by atoms with Gasteiger partial charge < -0.3 is 4.57 Å². The molecule has 0 saturated carbocycles. The Bertz CT molecular complexity index is 976. The summed E-state index contributed by atoms with van der Waals surface area (Å²) in [6.45, 7) is 0. The number of fused-ring (bicyclic) bond motifs is 2. The van der Waals surface area contributed by atoms with Crippen molar-refractivity contribution >= 4 is 5.52 Å². The summed E-state index contributed by atoms with van der Waals surface area (Å²) in [6, 6.07) is 8.59. The molecule has 1 unspecified atom stereocenters. The van der Waals surface area contributed by atoms with Crippen LogP contribution in [-0.4, -0.2) is 29.4 Å². The average Bonchev–Trinajstić information content (AvgIpc) is 3.32. The van der Waals surface area contributed by atoms with Gasteiger partial charge in [0.1, 0.15) is 5.69 Å². The molecule has 1 N–H and O–H groups in total. The summed E-state index contributed by atoms with van der Waals surface area (Å²) in [5.41, 5.74) is 4.69. The molecule has 114 valence electrons. The van der Waals surface area contributed by atoms with E-state index in [1.54, 1.807) is 0 Å². The van der Waals surface area contributed by atoms with Crippen molar-refractivity contribution in [3.8, 4) is 11.5 Å². The summed E-state index contributed by atoms with van der Waals surface area (Å²) in [6.07, 6.45) is 10.8. The summed E-state index contributed by atoms with van der Waals surface area (Å²) in [5, 5.41) is 11.7. The zero-order valence-electron chi connectivity index (χ0n) is 12.6. The van der Waals surface area contributed by atoms with Crippen LogP contribution in [0.4, 0.5) is 0 Å². The van der Waals surface area contributed by atoms with Gasteiger partial charge in [-0.25, -0.2) is 9.50 Å². The summed E-state index contributed by atoms with van der Waals surface area (Å²) in [4.78, 5) is 4.61. The SMILES string of the molecule is c1cc(-c2nccn2C2CCc3cn[nH]c3C2)n2nccc2c1. The first kappa shape index (κ1) is 12.6. The molecule has 5 rings (SSSR count). The fourth-order valence-electron chi connectivity index (χ4n) is 3.55. The van der Waals surface area contributed by atoms with Crippen molar-refractivity contribution in [1.82, 2.24) is 29.4 Å². The van der Waals surface area contributed by atoms with Crippen LogP contribution in [0.1, 0.15) is 23.7 Å². The molecule has 0 fully saturated rings. The molecule has 0 radical (unpaired) electrons. The van der Waals surface area contributed by atoms with Gasteiger partial charge >= 0.3 is 0 Å². The zero-order valence-corrected chi connectivity index (χ0v) is 12.6. The van der Waals surface area contributed by atoms with E-state index in [1.165, 1.54) is 11.3 Å². The highest BCUT2D eigenvalue weighted by Gasteiger charge is 2.24. The van der Waals surface area contributed by atoms with Crippen LogP contribution in [0.25, 0.3) is 17.0 Å². The molecule has 1 atom stereocenters. The Morgan fingerprint density at radius 2 is 2.17 bits per heavy atom. The summed E-state index contributed by atoms with van der Waals surface area (Å²) >= 11 is 0. The van der Waals surface area contributed by atoms with E-state index in [4.69, 9.17) is 0 Å². The number of aryl methyl sites for hydroxylation is 1. The Morgan fingerprint density at radius 1 is 1.17 bits per heavy atom. The lowest BCUT2D eigenvalue weighted by atomic mass is 9.93. The number of nitrogens with zero attached hydrogens (tertiary/aromatic N) is 5. The van der Waals surface area contributed by atoms with Crippen LogP contribution < -0.4 is 0 Å². The van der Waals surface area contributed by atoms with Crippen molar-refractivity contribution in [3.63, 3.8) is 0 Å². The third-order valence-corrected chi connectivity index (χ3v) is 4.71. The number of rotatable bonds is 2. The van der Waals surface area contributed by atoms with Gasteiger partial charge in [-0.05, 0) is 36.6 Å². The van der Waals surface area contributed by atoms with E-state index in [2.05, 4.69) is 49.2 Å². The van der Waals surface area contributed by atoms with Crippen molar-refractivity contribution in [2.45, 2.75) is 25.3 Å². The van der Waals surface area contributed by atoms with Gasteiger partial charge in [-0.3, -0.25) is 5.10 Å². The second-order valence-corrected chi connectivity index (χ2v) is 6.01. The molecule has 4 aromatic rings. The predicted octanol–water partition coefficient (Wildman–Crippen LogP) is 2.65. The molecule has 4 aromatic heterocycles. The molecular formula is C17H16N6. The van der Waals surface area contributed by atoms with E-state index in [0.29, 0.717) is 6.04 Å². The number of H-pyrrole nitrogens is 1. The summed E-state index contributed by atoms with van der Waals surface area (Å²) in [5.74, 6) is 0.965. The van der Waals surface area contributed by atoms with E-state index < -0.39 is 0 Å². The van der Waals surface area contributed by atoms with Crippen LogP contribution in [0.15, 0.2) is 49.1 Å². The average molecular weight is 304 g/mol. The Morgan fingerprint density at radius 3 is 3.17 bits per heavy atom. The molecule has 6 nitrogen and oxygen atoms in total. The summed E-state index contributed by atoms with van der Waals surface area (Å²) in [7, 11) is 0. The van der Waals surface area contributed by atoms with Crippen LogP contribution in [0.3, 0.4) is 0 Å². The van der Waals surface area contributed by atoms with Crippen molar-refractivity contribution in [2.24, 2.45) is 0 Å². The molecule has 0 aromatic carbocycles. The lowest BCUT2D eigenvalue weighted by Crippen LogP contribution is -2.19. The first-order valence-corrected chi connectivity index (χ1v) is 7.87. The monoisotopic (exact) mass is 304 g/mol. The van der Waals surface area contributed by atoms with Crippen LogP contribution >= 0.6 is 0 Å². The first-order valence-electron chi connectivity index (χ1n) is 7.87. The third kappa shape index (κ3) is 1.91. The molecule has 0 aliphatic heterocycles. The van der Waals surface area contributed by atoms with Crippen molar-refractivity contribution in [3.05, 3.63) is 60.3 Å². The van der Waals surface area contributed by atoms with Gasteiger partial charge in [0, 0.05) is 30.6 Å². The molecule has 0 spiro atoms. The molecule has 1 aliphatic rings. The van der Waals surface area contributed by atoms with Gasteiger partial charge in [0.05, 0.1) is 17.9 Å². The predicted molar refractivity (Wildman–Crippen MR) is 86.1 cm³/mol. The molecule has 0 bridgehead atoms. The smallest absolute Gasteiger partial charge is 0.158 e. The zero-order chi connectivity index (χ0) is 15.2. The summed E-state index contributed by atoms with van der Waals surface area (Å²) < 4.78 is 4.23. The highest BCUT2D eigenvalue weighted by atomic mass is 15.2.